The van der Waals surface area contributed by atoms with E-state index in [0.29, 0.717) is 35.4 Å². The van der Waals surface area contributed by atoms with E-state index in [0.717, 1.165) is 27.8 Å². The van der Waals surface area contributed by atoms with Crippen molar-refractivity contribution >= 4 is 21.7 Å². The Morgan fingerprint density at radius 1 is 0.393 bits per heavy atom. The van der Waals surface area contributed by atoms with Gasteiger partial charge in [-0.25, -0.2) is 15.0 Å². The van der Waals surface area contributed by atoms with Crippen molar-refractivity contribution in [3.8, 4) is 67.5 Å². The lowest BCUT2D eigenvalue weighted by Gasteiger charge is -2.11. The van der Waals surface area contributed by atoms with Crippen molar-refractivity contribution in [2.24, 2.45) is 11.8 Å². The van der Waals surface area contributed by atoms with E-state index in [4.69, 9.17) is 15.0 Å². The molecule has 7 aromatic carbocycles. The SMILES string of the molecule is C1=CC2C(n3cc(-c4cccc(-c5cccc(-c6cccc(-c7nc(-c8ccccc8)nc(-c8ccccc8)n7)c6)c5)c4)c4c5ccccc5ccc43)[C@@H]2C=C1. The van der Waals surface area contributed by atoms with E-state index >= 15 is 0 Å². The topological polar surface area (TPSA) is 43.6 Å². The predicted molar refractivity (Wildman–Crippen MR) is 230 cm³/mol. The van der Waals surface area contributed by atoms with Gasteiger partial charge >= 0.3 is 0 Å². The molecule has 0 amide bonds. The highest BCUT2D eigenvalue weighted by Gasteiger charge is 2.49. The Bertz CT molecular complexity index is 2920. The number of rotatable bonds is 7. The monoisotopic (exact) mass is 716 g/mol. The standard InChI is InChI=1S/C52H36N4/c1-3-15-35(16-4-1)50-53-51(36-17-5-2-6-18-36)55-52(54-50)42-24-13-22-40(32-42)38-20-11-19-37(30-38)39-21-12-23-41(31-39)46-33-56(49-44-26-9-10-27-45(44)49)47-29-28-34-14-7-8-25-43(34)48(46)47/h1-33,44-45,49H/t44-,45?,49?/m1/s1. The second-order valence-electron chi connectivity index (χ2n) is 14.8. The molecule has 264 valence electrons. The van der Waals surface area contributed by atoms with E-state index in [2.05, 4.69) is 144 Å². The second-order valence-corrected chi connectivity index (χ2v) is 14.8. The molecule has 1 fully saturated rings. The minimum Gasteiger partial charge on any atom is -0.343 e. The van der Waals surface area contributed by atoms with Gasteiger partial charge in [0.1, 0.15) is 0 Å². The predicted octanol–water partition coefficient (Wildman–Crippen LogP) is 12.9. The van der Waals surface area contributed by atoms with Gasteiger partial charge in [-0.2, -0.15) is 0 Å². The molecule has 4 nitrogen and oxygen atoms in total. The lowest BCUT2D eigenvalue weighted by molar-refractivity contribution is 0.723. The van der Waals surface area contributed by atoms with Gasteiger partial charge in [-0.1, -0.05) is 170 Å². The molecule has 2 aliphatic rings. The smallest absolute Gasteiger partial charge is 0.164 e. The summed E-state index contributed by atoms with van der Waals surface area (Å²) in [7, 11) is 0. The molecule has 0 bridgehead atoms. The highest BCUT2D eigenvalue weighted by atomic mass is 15.1. The summed E-state index contributed by atoms with van der Waals surface area (Å²) in [6.45, 7) is 0. The van der Waals surface area contributed by atoms with Gasteiger partial charge in [0.25, 0.3) is 0 Å². The molecule has 11 rings (SSSR count). The molecule has 0 aliphatic heterocycles. The molecule has 4 heteroatoms. The van der Waals surface area contributed by atoms with E-state index < -0.39 is 0 Å². The van der Waals surface area contributed by atoms with Crippen LogP contribution in [0.5, 0.6) is 0 Å². The van der Waals surface area contributed by atoms with Gasteiger partial charge in [0.2, 0.25) is 0 Å². The average molecular weight is 717 g/mol. The third kappa shape index (κ3) is 5.66. The van der Waals surface area contributed by atoms with Crippen molar-refractivity contribution in [2.75, 3.05) is 0 Å². The maximum absolute atomic E-state index is 4.99. The summed E-state index contributed by atoms with van der Waals surface area (Å²) in [6, 6.07) is 60.5. The molecule has 0 saturated heterocycles. The number of fused-ring (bicyclic) bond motifs is 4. The summed E-state index contributed by atoms with van der Waals surface area (Å²) < 4.78 is 2.55. The Morgan fingerprint density at radius 3 is 1.46 bits per heavy atom. The van der Waals surface area contributed by atoms with E-state index in [1.165, 1.54) is 43.9 Å². The van der Waals surface area contributed by atoms with E-state index in [9.17, 15) is 0 Å². The molecule has 3 atom stereocenters. The van der Waals surface area contributed by atoms with Crippen LogP contribution in [-0.4, -0.2) is 19.5 Å². The van der Waals surface area contributed by atoms with Gasteiger partial charge in [-0.05, 0) is 62.9 Å². The lowest BCUT2D eigenvalue weighted by Crippen LogP contribution is -2.00. The molecule has 0 spiro atoms. The summed E-state index contributed by atoms with van der Waals surface area (Å²) in [5.74, 6) is 3.07. The Balaban J connectivity index is 0.976. The quantitative estimate of drug-likeness (QED) is 0.165. The van der Waals surface area contributed by atoms with Crippen molar-refractivity contribution < 1.29 is 0 Å². The molecule has 0 N–H and O–H groups in total. The number of allylic oxidation sites excluding steroid dienone is 4. The van der Waals surface area contributed by atoms with Crippen LogP contribution in [0.25, 0.3) is 89.2 Å². The first-order valence-electron chi connectivity index (χ1n) is 19.3. The second kappa shape index (κ2) is 13.3. The minimum atomic E-state index is 0.449. The van der Waals surface area contributed by atoms with Crippen LogP contribution in [-0.2, 0) is 0 Å². The van der Waals surface area contributed by atoms with Crippen molar-refractivity contribution in [1.29, 1.82) is 0 Å². The summed E-state index contributed by atoms with van der Waals surface area (Å²) in [5.41, 5.74) is 11.3. The normalized spacial score (nSPS) is 17.0. The molecular weight excluding hydrogens is 681 g/mol. The van der Waals surface area contributed by atoms with Gasteiger partial charge < -0.3 is 4.57 Å². The van der Waals surface area contributed by atoms with Crippen LogP contribution in [0.4, 0.5) is 0 Å². The summed E-state index contributed by atoms with van der Waals surface area (Å²) in [4.78, 5) is 14.9. The lowest BCUT2D eigenvalue weighted by atomic mass is 9.94. The molecule has 2 aromatic heterocycles. The summed E-state index contributed by atoms with van der Waals surface area (Å²) >= 11 is 0. The molecule has 2 heterocycles. The third-order valence-electron chi connectivity index (χ3n) is 11.4. The highest BCUT2D eigenvalue weighted by molar-refractivity contribution is 6.14. The van der Waals surface area contributed by atoms with Gasteiger partial charge in [0.05, 0.1) is 0 Å². The summed E-state index contributed by atoms with van der Waals surface area (Å²) in [6.07, 6.45) is 11.6. The van der Waals surface area contributed by atoms with Crippen LogP contribution in [0, 0.1) is 11.8 Å². The van der Waals surface area contributed by atoms with Crippen molar-refractivity contribution in [3.63, 3.8) is 0 Å². The fraction of sp³-hybridized carbons (Fsp3) is 0.0577. The van der Waals surface area contributed by atoms with Crippen molar-refractivity contribution in [3.05, 3.63) is 200 Å². The highest BCUT2D eigenvalue weighted by Crippen LogP contribution is 2.56. The summed E-state index contributed by atoms with van der Waals surface area (Å²) in [5, 5.41) is 3.89. The first kappa shape index (κ1) is 32.3. The molecule has 2 unspecified atom stereocenters. The Labute approximate surface area is 325 Å². The van der Waals surface area contributed by atoms with Crippen LogP contribution < -0.4 is 0 Å². The molecular formula is C52H36N4. The van der Waals surface area contributed by atoms with Crippen molar-refractivity contribution in [2.45, 2.75) is 6.04 Å². The zero-order valence-corrected chi connectivity index (χ0v) is 30.6. The molecule has 56 heavy (non-hydrogen) atoms. The fourth-order valence-corrected chi connectivity index (χ4v) is 8.60. The van der Waals surface area contributed by atoms with Crippen LogP contribution in [0.15, 0.2) is 200 Å². The van der Waals surface area contributed by atoms with Gasteiger partial charge in [0, 0.05) is 57.2 Å². The number of hydrogen-bond acceptors (Lipinski definition) is 3. The number of hydrogen-bond donors (Lipinski definition) is 0. The Kier molecular flexibility index (Phi) is 7.66. The maximum Gasteiger partial charge on any atom is 0.164 e. The maximum atomic E-state index is 4.99. The third-order valence-corrected chi connectivity index (χ3v) is 11.4. The molecule has 0 radical (unpaired) electrons. The number of nitrogens with zero attached hydrogens (tertiary/aromatic N) is 4. The van der Waals surface area contributed by atoms with Crippen LogP contribution in [0.2, 0.25) is 0 Å². The van der Waals surface area contributed by atoms with Crippen molar-refractivity contribution in [1.82, 2.24) is 19.5 Å². The average Bonchev–Trinajstić information content (AvgIpc) is 3.88. The zero-order valence-electron chi connectivity index (χ0n) is 30.6. The Hall–Kier alpha value is -7.17. The minimum absolute atomic E-state index is 0.449. The van der Waals surface area contributed by atoms with Crippen LogP contribution in [0.1, 0.15) is 6.04 Å². The van der Waals surface area contributed by atoms with E-state index in [-0.39, 0.29) is 0 Å². The zero-order chi connectivity index (χ0) is 37.0. The molecule has 1 saturated carbocycles. The largest absolute Gasteiger partial charge is 0.343 e. The van der Waals surface area contributed by atoms with Gasteiger partial charge in [-0.15, -0.1) is 0 Å². The number of aromatic nitrogens is 4. The first-order chi connectivity index (χ1) is 27.7. The van der Waals surface area contributed by atoms with Gasteiger partial charge in [0.15, 0.2) is 17.5 Å². The molecule has 9 aromatic rings. The van der Waals surface area contributed by atoms with Crippen LogP contribution in [0.3, 0.4) is 0 Å². The molecule has 2 aliphatic carbocycles. The Morgan fingerprint density at radius 2 is 0.857 bits per heavy atom. The van der Waals surface area contributed by atoms with E-state index in [1.807, 2.05) is 60.7 Å². The van der Waals surface area contributed by atoms with Crippen LogP contribution >= 0.6 is 0 Å². The first-order valence-corrected chi connectivity index (χ1v) is 19.3. The number of benzene rings is 7. The van der Waals surface area contributed by atoms with E-state index in [1.54, 1.807) is 0 Å². The van der Waals surface area contributed by atoms with Gasteiger partial charge in [-0.3, -0.25) is 0 Å². The fourth-order valence-electron chi connectivity index (χ4n) is 8.60.